The van der Waals surface area contributed by atoms with Gasteiger partial charge in [0.1, 0.15) is 11.2 Å². The first kappa shape index (κ1) is 32.2. The topological polar surface area (TPSA) is 51.8 Å². The number of fused-ring (bicyclic) bond motifs is 3. The van der Waals surface area contributed by atoms with Crippen molar-refractivity contribution in [1.82, 2.24) is 15.0 Å². The van der Waals surface area contributed by atoms with Gasteiger partial charge in [-0.3, -0.25) is 0 Å². The second kappa shape index (κ2) is 13.8. The molecule has 0 amide bonds. The Morgan fingerprint density at radius 2 is 0.509 bits per heavy atom. The molecule has 0 saturated carbocycles. The van der Waals surface area contributed by atoms with Gasteiger partial charge >= 0.3 is 0 Å². The van der Waals surface area contributed by atoms with E-state index >= 15 is 0 Å². The normalized spacial score (nSPS) is 11.3. The van der Waals surface area contributed by atoms with Crippen molar-refractivity contribution in [3.8, 4) is 78.7 Å². The summed E-state index contributed by atoms with van der Waals surface area (Å²) < 4.78 is 6.34. The third-order valence-electron chi connectivity index (χ3n) is 10.2. The summed E-state index contributed by atoms with van der Waals surface area (Å²) >= 11 is 0. The summed E-state index contributed by atoms with van der Waals surface area (Å²) in [7, 11) is 0. The molecule has 55 heavy (non-hydrogen) atoms. The molecular formula is C51H33N3O. The van der Waals surface area contributed by atoms with E-state index in [2.05, 4.69) is 170 Å². The van der Waals surface area contributed by atoms with Gasteiger partial charge in [-0.2, -0.15) is 0 Å². The van der Waals surface area contributed by atoms with Crippen molar-refractivity contribution in [2.75, 3.05) is 0 Å². The maximum absolute atomic E-state index is 6.34. The summed E-state index contributed by atoms with van der Waals surface area (Å²) in [5.74, 6) is 1.83. The van der Waals surface area contributed by atoms with Crippen LogP contribution in [-0.2, 0) is 0 Å². The van der Waals surface area contributed by atoms with Crippen LogP contribution in [0, 0.1) is 0 Å². The average Bonchev–Trinajstić information content (AvgIpc) is 3.65. The SMILES string of the molecule is c1ccc(-c2ccc(-c3ccc4oc5ccc(-c6nc(-c7ccc(-c8ccccc8)cc7)nc(-c7ccc(-c8ccccc8)cc7)n6)cc5c4c3)cc2)cc1. The molecule has 258 valence electrons. The maximum atomic E-state index is 6.34. The molecule has 2 heterocycles. The predicted molar refractivity (Wildman–Crippen MR) is 225 cm³/mol. The Morgan fingerprint density at radius 3 is 0.909 bits per heavy atom. The molecule has 8 aromatic carbocycles. The van der Waals surface area contributed by atoms with E-state index in [0.29, 0.717) is 17.5 Å². The Bertz CT molecular complexity index is 2820. The van der Waals surface area contributed by atoms with Crippen LogP contribution < -0.4 is 0 Å². The van der Waals surface area contributed by atoms with E-state index in [0.717, 1.165) is 72.0 Å². The van der Waals surface area contributed by atoms with Crippen molar-refractivity contribution in [3.63, 3.8) is 0 Å². The van der Waals surface area contributed by atoms with Crippen LogP contribution in [0.15, 0.2) is 205 Å². The van der Waals surface area contributed by atoms with Crippen molar-refractivity contribution in [2.45, 2.75) is 0 Å². The molecule has 2 aromatic heterocycles. The van der Waals surface area contributed by atoms with Gasteiger partial charge in [0, 0.05) is 27.5 Å². The Morgan fingerprint density at radius 1 is 0.236 bits per heavy atom. The van der Waals surface area contributed by atoms with Gasteiger partial charge in [0.05, 0.1) is 0 Å². The minimum atomic E-state index is 0.600. The first-order valence-electron chi connectivity index (χ1n) is 18.4. The highest BCUT2D eigenvalue weighted by atomic mass is 16.3. The molecule has 4 heteroatoms. The van der Waals surface area contributed by atoms with Crippen LogP contribution in [0.5, 0.6) is 0 Å². The molecule has 0 aliphatic carbocycles. The number of furan rings is 1. The van der Waals surface area contributed by atoms with Crippen LogP contribution in [0.3, 0.4) is 0 Å². The molecule has 0 atom stereocenters. The number of aromatic nitrogens is 3. The zero-order valence-electron chi connectivity index (χ0n) is 29.8. The molecule has 0 radical (unpaired) electrons. The molecule has 10 aromatic rings. The minimum Gasteiger partial charge on any atom is -0.456 e. The van der Waals surface area contributed by atoms with Crippen molar-refractivity contribution in [3.05, 3.63) is 200 Å². The average molecular weight is 704 g/mol. The van der Waals surface area contributed by atoms with Crippen LogP contribution in [0.2, 0.25) is 0 Å². The van der Waals surface area contributed by atoms with Gasteiger partial charge in [-0.15, -0.1) is 0 Å². The molecule has 0 N–H and O–H groups in total. The Hall–Kier alpha value is -7.43. The molecule has 0 fully saturated rings. The monoisotopic (exact) mass is 703 g/mol. The third kappa shape index (κ3) is 6.36. The standard InChI is InChI=1S/C51H33N3O/c1-4-10-34(11-5-1)37-16-18-40(19-17-37)43-28-30-47-45(32-43)46-33-44(29-31-48(46)55-47)51-53-49(41-24-20-38(21-25-41)35-12-6-2-7-13-35)52-50(54-51)42-26-22-39(23-27-42)36-14-8-3-9-15-36/h1-33H. The fourth-order valence-corrected chi connectivity index (χ4v) is 7.23. The Labute approximate surface area is 319 Å². The van der Waals surface area contributed by atoms with Gasteiger partial charge in [0.15, 0.2) is 17.5 Å². The lowest BCUT2D eigenvalue weighted by Gasteiger charge is -2.10. The minimum absolute atomic E-state index is 0.600. The lowest BCUT2D eigenvalue weighted by atomic mass is 9.99. The first-order valence-corrected chi connectivity index (χ1v) is 18.4. The van der Waals surface area contributed by atoms with E-state index in [-0.39, 0.29) is 0 Å². The molecule has 0 bridgehead atoms. The van der Waals surface area contributed by atoms with Crippen molar-refractivity contribution in [1.29, 1.82) is 0 Å². The van der Waals surface area contributed by atoms with Crippen LogP contribution in [-0.4, -0.2) is 15.0 Å². The predicted octanol–water partition coefficient (Wildman–Crippen LogP) is 13.4. The molecule has 0 saturated heterocycles. The van der Waals surface area contributed by atoms with Crippen molar-refractivity contribution < 1.29 is 4.42 Å². The number of rotatable bonds is 7. The maximum Gasteiger partial charge on any atom is 0.164 e. The van der Waals surface area contributed by atoms with Crippen LogP contribution in [0.25, 0.3) is 101 Å². The number of hydrogen-bond acceptors (Lipinski definition) is 4. The fraction of sp³-hybridized carbons (Fsp3) is 0. The Balaban J connectivity index is 1.05. The zero-order chi connectivity index (χ0) is 36.6. The van der Waals surface area contributed by atoms with Gasteiger partial charge in [-0.1, -0.05) is 170 Å². The van der Waals surface area contributed by atoms with E-state index in [4.69, 9.17) is 19.4 Å². The lowest BCUT2D eigenvalue weighted by Crippen LogP contribution is -2.00. The third-order valence-corrected chi connectivity index (χ3v) is 10.2. The van der Waals surface area contributed by atoms with Gasteiger partial charge < -0.3 is 4.42 Å². The highest BCUT2D eigenvalue weighted by Crippen LogP contribution is 2.36. The molecule has 0 aliphatic heterocycles. The quantitative estimate of drug-likeness (QED) is 0.166. The van der Waals surface area contributed by atoms with Gasteiger partial charge in [0.2, 0.25) is 0 Å². The van der Waals surface area contributed by atoms with Gasteiger partial charge in [0.25, 0.3) is 0 Å². The molecular weight excluding hydrogens is 671 g/mol. The van der Waals surface area contributed by atoms with Crippen molar-refractivity contribution >= 4 is 21.9 Å². The summed E-state index contributed by atoms with van der Waals surface area (Å²) in [5, 5.41) is 2.06. The van der Waals surface area contributed by atoms with Crippen LogP contribution in [0.4, 0.5) is 0 Å². The summed E-state index contributed by atoms with van der Waals surface area (Å²) in [5.41, 5.74) is 13.7. The highest BCUT2D eigenvalue weighted by molar-refractivity contribution is 6.07. The van der Waals surface area contributed by atoms with Crippen molar-refractivity contribution in [2.24, 2.45) is 0 Å². The molecule has 0 spiro atoms. The summed E-state index contributed by atoms with van der Waals surface area (Å²) in [6.45, 7) is 0. The van der Waals surface area contributed by atoms with E-state index in [1.54, 1.807) is 0 Å². The van der Waals surface area contributed by atoms with E-state index in [1.165, 1.54) is 11.1 Å². The Kier molecular flexibility index (Phi) is 8.12. The summed E-state index contributed by atoms with van der Waals surface area (Å²) in [6.07, 6.45) is 0. The second-order valence-corrected chi connectivity index (χ2v) is 13.7. The van der Waals surface area contributed by atoms with E-state index in [9.17, 15) is 0 Å². The first-order chi connectivity index (χ1) is 27.2. The number of nitrogens with zero attached hydrogens (tertiary/aromatic N) is 3. The van der Waals surface area contributed by atoms with Crippen LogP contribution >= 0.6 is 0 Å². The lowest BCUT2D eigenvalue weighted by molar-refractivity contribution is 0.669. The summed E-state index contributed by atoms with van der Waals surface area (Å²) in [4.78, 5) is 15.2. The second-order valence-electron chi connectivity index (χ2n) is 13.7. The molecule has 0 aliphatic rings. The number of hydrogen-bond donors (Lipinski definition) is 0. The number of benzene rings is 8. The molecule has 0 unspecified atom stereocenters. The van der Waals surface area contributed by atoms with E-state index in [1.807, 2.05) is 30.3 Å². The highest BCUT2D eigenvalue weighted by Gasteiger charge is 2.16. The zero-order valence-corrected chi connectivity index (χ0v) is 29.8. The molecule has 10 rings (SSSR count). The smallest absolute Gasteiger partial charge is 0.164 e. The van der Waals surface area contributed by atoms with E-state index < -0.39 is 0 Å². The molecule has 4 nitrogen and oxygen atoms in total. The fourth-order valence-electron chi connectivity index (χ4n) is 7.23. The summed E-state index contributed by atoms with van der Waals surface area (Å²) in [6, 6.07) is 69.4. The van der Waals surface area contributed by atoms with Crippen LogP contribution in [0.1, 0.15) is 0 Å². The largest absolute Gasteiger partial charge is 0.456 e. The van der Waals surface area contributed by atoms with Gasteiger partial charge in [-0.05, 0) is 74.8 Å². The van der Waals surface area contributed by atoms with Gasteiger partial charge in [-0.25, -0.2) is 15.0 Å².